The highest BCUT2D eigenvalue weighted by molar-refractivity contribution is 7.10. The van der Waals surface area contributed by atoms with Crippen LogP contribution in [0, 0.1) is 6.92 Å². The minimum atomic E-state index is -0.503. The van der Waals surface area contributed by atoms with Gasteiger partial charge in [-0.1, -0.05) is 24.3 Å². The highest BCUT2D eigenvalue weighted by Gasteiger charge is 2.43. The monoisotopic (exact) mass is 499 g/mol. The molecule has 5 rings (SSSR count). The molecule has 1 unspecified atom stereocenters. The molecule has 1 amide bonds. The zero-order chi connectivity index (χ0) is 25.2. The summed E-state index contributed by atoms with van der Waals surface area (Å²) in [5.41, 5.74) is 2.90. The van der Waals surface area contributed by atoms with E-state index in [9.17, 15) is 9.90 Å². The van der Waals surface area contributed by atoms with E-state index in [1.165, 1.54) is 0 Å². The number of anilines is 1. The Kier molecular flexibility index (Phi) is 6.40. The maximum absolute atomic E-state index is 13.5. The van der Waals surface area contributed by atoms with E-state index in [0.29, 0.717) is 34.1 Å². The smallest absolute Gasteiger partial charge is 0.294 e. The first-order valence-electron chi connectivity index (χ1n) is 11.4. The lowest BCUT2D eigenvalue weighted by Crippen LogP contribution is -2.30. The van der Waals surface area contributed by atoms with Crippen LogP contribution in [0.3, 0.4) is 0 Å². The van der Waals surface area contributed by atoms with E-state index in [1.807, 2.05) is 79.0 Å². The number of rotatable bonds is 7. The van der Waals surface area contributed by atoms with Crippen LogP contribution < -0.4 is 19.1 Å². The van der Waals surface area contributed by atoms with Gasteiger partial charge in [0.1, 0.15) is 17.5 Å². The third-order valence-electron chi connectivity index (χ3n) is 6.15. The maximum Gasteiger partial charge on any atom is 0.294 e. The second-order valence-electron chi connectivity index (χ2n) is 8.29. The van der Waals surface area contributed by atoms with Gasteiger partial charge in [-0.2, -0.15) is 0 Å². The summed E-state index contributed by atoms with van der Waals surface area (Å²) in [6, 6.07) is 23.7. The van der Waals surface area contributed by atoms with Gasteiger partial charge in [0.05, 0.1) is 14.2 Å². The molecule has 182 valence electrons. The van der Waals surface area contributed by atoms with Gasteiger partial charge in [0.25, 0.3) is 5.91 Å². The number of hydrogen-bond donors (Lipinski definition) is 1. The standard InChI is InChI=1S/C29H25NO5S/c1-18-15-16-36-28(18)26-25(19-9-14-23(33-2)24(17-19)34-3)27(31)29(32)30(26)20-10-12-22(13-11-20)35-21-7-5-4-6-8-21/h4-17,26,31H,1-3H3. The molecule has 1 aliphatic heterocycles. The molecule has 0 saturated heterocycles. The Bertz CT molecular complexity index is 1430. The first kappa shape index (κ1) is 23.5. The molecular weight excluding hydrogens is 474 g/mol. The number of aliphatic hydroxyl groups excluding tert-OH is 1. The number of methoxy groups -OCH3 is 2. The third-order valence-corrected chi connectivity index (χ3v) is 7.22. The van der Waals surface area contributed by atoms with Crippen molar-refractivity contribution in [3.05, 3.63) is 106 Å². The van der Waals surface area contributed by atoms with Crippen LogP contribution >= 0.6 is 11.3 Å². The van der Waals surface area contributed by atoms with E-state index < -0.39 is 11.9 Å². The van der Waals surface area contributed by atoms with Gasteiger partial charge < -0.3 is 19.3 Å². The van der Waals surface area contributed by atoms with E-state index in [1.54, 1.807) is 42.6 Å². The molecule has 1 atom stereocenters. The summed E-state index contributed by atoms with van der Waals surface area (Å²) < 4.78 is 16.8. The average Bonchev–Trinajstić information content (AvgIpc) is 3.44. The van der Waals surface area contributed by atoms with Crippen LogP contribution in [0.15, 0.2) is 90.0 Å². The molecule has 4 aromatic rings. The number of benzene rings is 3. The lowest BCUT2D eigenvalue weighted by atomic mass is 9.96. The molecule has 0 aliphatic carbocycles. The molecule has 1 N–H and O–H groups in total. The summed E-state index contributed by atoms with van der Waals surface area (Å²) in [5, 5.41) is 13.1. The Morgan fingerprint density at radius 2 is 1.56 bits per heavy atom. The number of aliphatic hydroxyl groups is 1. The summed E-state index contributed by atoms with van der Waals surface area (Å²) in [4.78, 5) is 16.1. The van der Waals surface area contributed by atoms with Gasteiger partial charge in [-0.3, -0.25) is 9.69 Å². The maximum atomic E-state index is 13.5. The third kappa shape index (κ3) is 4.18. The second kappa shape index (κ2) is 9.79. The second-order valence-corrected chi connectivity index (χ2v) is 9.23. The van der Waals surface area contributed by atoms with Gasteiger partial charge in [-0.15, -0.1) is 11.3 Å². The van der Waals surface area contributed by atoms with Crippen LogP contribution in [0.25, 0.3) is 5.57 Å². The van der Waals surface area contributed by atoms with E-state index in [4.69, 9.17) is 14.2 Å². The zero-order valence-corrected chi connectivity index (χ0v) is 20.9. The largest absolute Gasteiger partial charge is 0.503 e. The van der Waals surface area contributed by atoms with Crippen LogP contribution in [0.5, 0.6) is 23.0 Å². The minimum absolute atomic E-state index is 0.287. The van der Waals surface area contributed by atoms with Gasteiger partial charge in [0.15, 0.2) is 17.3 Å². The predicted octanol–water partition coefficient (Wildman–Crippen LogP) is 6.92. The Morgan fingerprint density at radius 1 is 0.861 bits per heavy atom. The first-order chi connectivity index (χ1) is 17.5. The van der Waals surface area contributed by atoms with Gasteiger partial charge in [0.2, 0.25) is 0 Å². The van der Waals surface area contributed by atoms with Crippen LogP contribution in [-0.2, 0) is 4.79 Å². The van der Waals surface area contributed by atoms with Crippen molar-refractivity contribution in [3.8, 4) is 23.0 Å². The van der Waals surface area contributed by atoms with E-state index in [0.717, 1.165) is 16.2 Å². The number of amides is 1. The van der Waals surface area contributed by atoms with Crippen LogP contribution in [0.1, 0.15) is 22.0 Å². The zero-order valence-electron chi connectivity index (χ0n) is 20.1. The fourth-order valence-electron chi connectivity index (χ4n) is 4.38. The molecule has 7 heteroatoms. The van der Waals surface area contributed by atoms with Crippen molar-refractivity contribution in [2.24, 2.45) is 0 Å². The minimum Gasteiger partial charge on any atom is -0.503 e. The van der Waals surface area contributed by atoms with Crippen molar-refractivity contribution >= 4 is 28.5 Å². The average molecular weight is 500 g/mol. The van der Waals surface area contributed by atoms with Crippen LogP contribution in [-0.4, -0.2) is 25.2 Å². The lowest BCUT2D eigenvalue weighted by Gasteiger charge is -2.27. The van der Waals surface area contributed by atoms with Gasteiger partial charge in [0, 0.05) is 16.1 Å². The summed E-state index contributed by atoms with van der Waals surface area (Å²) >= 11 is 1.55. The fraction of sp³-hybridized carbons (Fsp3) is 0.138. The summed E-state index contributed by atoms with van der Waals surface area (Å²) in [5.74, 6) is 1.71. The molecule has 1 aliphatic rings. The quantitative estimate of drug-likeness (QED) is 0.299. The number of carbonyl (C=O) groups excluding carboxylic acids is 1. The molecular formula is C29H25NO5S. The fourth-order valence-corrected chi connectivity index (χ4v) is 5.41. The predicted molar refractivity (Wildman–Crippen MR) is 141 cm³/mol. The number of thiophene rings is 1. The molecule has 2 heterocycles. The SMILES string of the molecule is COc1ccc(C2=C(O)C(=O)N(c3ccc(Oc4ccccc4)cc3)C2c2sccc2C)cc1OC. The van der Waals surface area contributed by atoms with Gasteiger partial charge in [-0.25, -0.2) is 0 Å². The van der Waals surface area contributed by atoms with Crippen molar-refractivity contribution in [2.45, 2.75) is 13.0 Å². The van der Waals surface area contributed by atoms with Gasteiger partial charge in [-0.05, 0) is 78.0 Å². The number of hydrogen-bond acceptors (Lipinski definition) is 6. The Hall–Kier alpha value is -4.23. The molecule has 0 fully saturated rings. The summed E-state index contributed by atoms with van der Waals surface area (Å²) in [6.07, 6.45) is 0. The number of para-hydroxylation sites is 1. The Morgan fingerprint density at radius 3 is 2.19 bits per heavy atom. The molecule has 6 nitrogen and oxygen atoms in total. The van der Waals surface area contributed by atoms with E-state index in [2.05, 4.69) is 0 Å². The topological polar surface area (TPSA) is 68.2 Å². The summed E-state index contributed by atoms with van der Waals surface area (Å²) in [6.45, 7) is 2.01. The van der Waals surface area contributed by atoms with Gasteiger partial charge >= 0.3 is 0 Å². The van der Waals surface area contributed by atoms with Crippen LogP contribution in [0.2, 0.25) is 0 Å². The normalized spacial score (nSPS) is 15.4. The first-order valence-corrected chi connectivity index (χ1v) is 12.3. The van der Waals surface area contributed by atoms with E-state index in [-0.39, 0.29) is 5.76 Å². The van der Waals surface area contributed by atoms with E-state index >= 15 is 0 Å². The molecule has 1 aromatic heterocycles. The van der Waals surface area contributed by atoms with Crippen molar-refractivity contribution in [1.82, 2.24) is 0 Å². The summed E-state index contributed by atoms with van der Waals surface area (Å²) in [7, 11) is 3.13. The number of ether oxygens (including phenoxy) is 3. The van der Waals surface area contributed by atoms with Crippen molar-refractivity contribution < 1.29 is 24.1 Å². The lowest BCUT2D eigenvalue weighted by molar-refractivity contribution is -0.117. The molecule has 36 heavy (non-hydrogen) atoms. The number of carbonyl (C=O) groups is 1. The number of aryl methyl sites for hydroxylation is 1. The Balaban J connectivity index is 1.56. The van der Waals surface area contributed by atoms with Crippen molar-refractivity contribution in [2.75, 3.05) is 19.1 Å². The van der Waals surface area contributed by atoms with Crippen LogP contribution in [0.4, 0.5) is 5.69 Å². The van der Waals surface area contributed by atoms with Crippen molar-refractivity contribution in [3.63, 3.8) is 0 Å². The highest BCUT2D eigenvalue weighted by Crippen LogP contribution is 2.49. The molecule has 0 spiro atoms. The van der Waals surface area contributed by atoms with Crippen molar-refractivity contribution in [1.29, 1.82) is 0 Å². The number of nitrogens with zero attached hydrogens (tertiary/aromatic N) is 1. The molecule has 0 radical (unpaired) electrons. The molecule has 3 aromatic carbocycles. The Labute approximate surface area is 213 Å². The molecule has 0 bridgehead atoms. The molecule has 0 saturated carbocycles. The highest BCUT2D eigenvalue weighted by atomic mass is 32.1.